The number of rotatable bonds is 6. The molecule has 0 radical (unpaired) electrons. The molecule has 0 saturated heterocycles. The highest BCUT2D eigenvalue weighted by Gasteiger charge is 2.12. The van der Waals surface area contributed by atoms with Crippen LogP contribution in [0.1, 0.15) is 15.9 Å². The Morgan fingerprint density at radius 2 is 1.77 bits per heavy atom. The molecule has 0 atom stereocenters. The predicted octanol–water partition coefficient (Wildman–Crippen LogP) is 6.25. The van der Waals surface area contributed by atoms with E-state index in [0.29, 0.717) is 27.8 Å². The fourth-order valence-corrected chi connectivity index (χ4v) is 3.12. The molecule has 3 nitrogen and oxygen atoms in total. The molecule has 26 heavy (non-hydrogen) atoms. The van der Waals surface area contributed by atoms with Crippen LogP contribution in [0.3, 0.4) is 0 Å². The van der Waals surface area contributed by atoms with Gasteiger partial charge in [0.25, 0.3) is 5.91 Å². The number of para-hydroxylation sites is 1. The minimum absolute atomic E-state index is 0.208. The largest absolute Gasteiger partial charge is 0.455 e. The molecule has 0 spiro atoms. The van der Waals surface area contributed by atoms with E-state index in [1.54, 1.807) is 30.0 Å². The third-order valence-electron chi connectivity index (χ3n) is 3.69. The third kappa shape index (κ3) is 4.81. The van der Waals surface area contributed by atoms with Gasteiger partial charge in [-0.2, -0.15) is 11.8 Å². The normalized spacial score (nSPS) is 10.4. The maximum absolute atomic E-state index is 12.6. The Hall–Kier alpha value is -2.43. The van der Waals surface area contributed by atoms with Crippen molar-refractivity contribution in [3.63, 3.8) is 0 Å². The highest BCUT2D eigenvalue weighted by atomic mass is 35.5. The fourth-order valence-electron chi connectivity index (χ4n) is 2.42. The number of hydrogen-bond donors (Lipinski definition) is 1. The summed E-state index contributed by atoms with van der Waals surface area (Å²) >= 11 is 7.84. The Kier molecular flexibility index (Phi) is 6.21. The topological polar surface area (TPSA) is 38.3 Å². The van der Waals surface area contributed by atoms with Crippen molar-refractivity contribution in [3.8, 4) is 11.5 Å². The van der Waals surface area contributed by atoms with E-state index in [4.69, 9.17) is 16.3 Å². The van der Waals surface area contributed by atoms with Crippen molar-refractivity contribution >= 4 is 35.0 Å². The number of thioether (sulfide) groups is 1. The molecular weight excluding hydrogens is 366 g/mol. The Morgan fingerprint density at radius 3 is 2.46 bits per heavy atom. The van der Waals surface area contributed by atoms with E-state index in [1.165, 1.54) is 5.56 Å². The minimum atomic E-state index is -0.208. The third-order valence-corrected chi connectivity index (χ3v) is 4.55. The number of halogens is 1. The quantitative estimate of drug-likeness (QED) is 0.546. The number of carbonyl (C=O) groups excluding carboxylic acids is 1. The lowest BCUT2D eigenvalue weighted by molar-refractivity contribution is 0.102. The molecule has 1 amide bonds. The average molecular weight is 384 g/mol. The van der Waals surface area contributed by atoms with Gasteiger partial charge in [-0.25, -0.2) is 0 Å². The summed E-state index contributed by atoms with van der Waals surface area (Å²) in [4.78, 5) is 12.6. The van der Waals surface area contributed by atoms with Crippen LogP contribution in [0.4, 0.5) is 5.69 Å². The molecular formula is C21H18ClNO2S. The molecule has 3 rings (SSSR count). The van der Waals surface area contributed by atoms with Crippen LogP contribution in [0.15, 0.2) is 72.8 Å². The number of carbonyl (C=O) groups is 1. The first-order valence-electron chi connectivity index (χ1n) is 8.07. The summed E-state index contributed by atoms with van der Waals surface area (Å²) < 4.78 is 5.88. The molecule has 0 aliphatic heterocycles. The standard InChI is InChI=1S/C21H18ClNO2S/c1-26-14-15-7-9-16(10-8-15)21(24)23-19-13-17(22)11-12-20(19)25-18-5-3-2-4-6-18/h2-13H,14H2,1H3,(H,23,24). The van der Waals surface area contributed by atoms with E-state index in [1.807, 2.05) is 60.9 Å². The highest BCUT2D eigenvalue weighted by Crippen LogP contribution is 2.32. The molecule has 3 aromatic carbocycles. The molecule has 0 aromatic heterocycles. The molecule has 0 heterocycles. The Balaban J connectivity index is 1.79. The predicted molar refractivity (Wildman–Crippen MR) is 110 cm³/mol. The summed E-state index contributed by atoms with van der Waals surface area (Å²) in [5.74, 6) is 1.94. The van der Waals surface area contributed by atoms with E-state index in [-0.39, 0.29) is 5.91 Å². The maximum Gasteiger partial charge on any atom is 0.255 e. The Labute approximate surface area is 162 Å². The molecule has 0 saturated carbocycles. The van der Waals surface area contributed by atoms with E-state index in [0.717, 1.165) is 5.75 Å². The monoisotopic (exact) mass is 383 g/mol. The summed E-state index contributed by atoms with van der Waals surface area (Å²) in [6, 6.07) is 22.1. The van der Waals surface area contributed by atoms with Crippen LogP contribution >= 0.6 is 23.4 Å². The minimum Gasteiger partial charge on any atom is -0.455 e. The smallest absolute Gasteiger partial charge is 0.255 e. The lowest BCUT2D eigenvalue weighted by Crippen LogP contribution is -2.12. The van der Waals surface area contributed by atoms with Crippen LogP contribution in [0, 0.1) is 0 Å². The number of nitrogens with one attached hydrogen (secondary N) is 1. The number of benzene rings is 3. The van der Waals surface area contributed by atoms with Gasteiger partial charge in [-0.15, -0.1) is 0 Å². The van der Waals surface area contributed by atoms with Gasteiger partial charge in [-0.05, 0) is 54.3 Å². The second-order valence-corrected chi connectivity index (χ2v) is 6.94. The molecule has 0 aliphatic carbocycles. The Morgan fingerprint density at radius 1 is 1.04 bits per heavy atom. The van der Waals surface area contributed by atoms with Crippen molar-refractivity contribution < 1.29 is 9.53 Å². The molecule has 0 bridgehead atoms. The van der Waals surface area contributed by atoms with E-state index >= 15 is 0 Å². The molecule has 0 fully saturated rings. The second kappa shape index (κ2) is 8.79. The van der Waals surface area contributed by atoms with Crippen molar-refractivity contribution in [2.45, 2.75) is 5.75 Å². The summed E-state index contributed by atoms with van der Waals surface area (Å²) in [7, 11) is 0. The number of amides is 1. The summed E-state index contributed by atoms with van der Waals surface area (Å²) in [5.41, 5.74) is 2.30. The zero-order chi connectivity index (χ0) is 18.4. The molecule has 0 unspecified atom stereocenters. The summed E-state index contributed by atoms with van der Waals surface area (Å²) in [6.45, 7) is 0. The van der Waals surface area contributed by atoms with Gasteiger partial charge in [0.05, 0.1) is 5.69 Å². The molecule has 5 heteroatoms. The van der Waals surface area contributed by atoms with Crippen LogP contribution in [0.2, 0.25) is 5.02 Å². The molecule has 132 valence electrons. The van der Waals surface area contributed by atoms with E-state index in [2.05, 4.69) is 5.32 Å². The second-order valence-electron chi connectivity index (χ2n) is 5.64. The van der Waals surface area contributed by atoms with Crippen LogP contribution in [-0.2, 0) is 5.75 Å². The molecule has 0 aliphatic rings. The van der Waals surface area contributed by atoms with Crippen LogP contribution in [-0.4, -0.2) is 12.2 Å². The van der Waals surface area contributed by atoms with Crippen LogP contribution in [0.25, 0.3) is 0 Å². The van der Waals surface area contributed by atoms with Crippen molar-refractivity contribution in [3.05, 3.63) is 88.9 Å². The average Bonchev–Trinajstić information content (AvgIpc) is 2.66. The van der Waals surface area contributed by atoms with Crippen molar-refractivity contribution in [1.29, 1.82) is 0 Å². The first-order chi connectivity index (χ1) is 12.7. The number of hydrogen-bond acceptors (Lipinski definition) is 3. The van der Waals surface area contributed by atoms with E-state index in [9.17, 15) is 4.79 Å². The van der Waals surface area contributed by atoms with Crippen LogP contribution < -0.4 is 10.1 Å². The lowest BCUT2D eigenvalue weighted by atomic mass is 10.1. The van der Waals surface area contributed by atoms with Gasteiger partial charge in [-0.3, -0.25) is 4.79 Å². The lowest BCUT2D eigenvalue weighted by Gasteiger charge is -2.13. The highest BCUT2D eigenvalue weighted by molar-refractivity contribution is 7.97. The molecule has 3 aromatic rings. The first-order valence-corrected chi connectivity index (χ1v) is 9.84. The van der Waals surface area contributed by atoms with Gasteiger partial charge in [0.1, 0.15) is 5.75 Å². The number of anilines is 1. The van der Waals surface area contributed by atoms with Crippen molar-refractivity contribution in [2.24, 2.45) is 0 Å². The molecule has 1 N–H and O–H groups in total. The fraction of sp³-hybridized carbons (Fsp3) is 0.0952. The van der Waals surface area contributed by atoms with Gasteiger partial charge in [0, 0.05) is 16.3 Å². The maximum atomic E-state index is 12.6. The van der Waals surface area contributed by atoms with Gasteiger partial charge in [-0.1, -0.05) is 41.9 Å². The van der Waals surface area contributed by atoms with Crippen molar-refractivity contribution in [2.75, 3.05) is 11.6 Å². The summed E-state index contributed by atoms with van der Waals surface area (Å²) in [5, 5.41) is 3.41. The van der Waals surface area contributed by atoms with E-state index < -0.39 is 0 Å². The van der Waals surface area contributed by atoms with Gasteiger partial charge in [0.15, 0.2) is 5.75 Å². The summed E-state index contributed by atoms with van der Waals surface area (Å²) in [6.07, 6.45) is 2.05. The van der Waals surface area contributed by atoms with Gasteiger partial charge < -0.3 is 10.1 Å². The van der Waals surface area contributed by atoms with Gasteiger partial charge in [0.2, 0.25) is 0 Å². The Bertz CT molecular complexity index is 882. The zero-order valence-electron chi connectivity index (χ0n) is 14.2. The first kappa shape index (κ1) is 18.4. The number of ether oxygens (including phenoxy) is 1. The van der Waals surface area contributed by atoms with Crippen molar-refractivity contribution in [1.82, 2.24) is 0 Å². The SMILES string of the molecule is CSCc1ccc(C(=O)Nc2cc(Cl)ccc2Oc2ccccc2)cc1. The van der Waals surface area contributed by atoms with Gasteiger partial charge >= 0.3 is 0 Å². The van der Waals surface area contributed by atoms with Crippen LogP contribution in [0.5, 0.6) is 11.5 Å². The zero-order valence-corrected chi connectivity index (χ0v) is 15.8.